The van der Waals surface area contributed by atoms with Gasteiger partial charge in [0.05, 0.1) is 11.3 Å². The Bertz CT molecular complexity index is 505. The third-order valence-electron chi connectivity index (χ3n) is 5.65. The standard InChI is InChI=1S/C19H34N4O/c1-4-5-9-22-10-6-16(7-11-22)14-23-15-18(20-21-23)17-8-12-24-19(2,3)13-17/h15-17H,4-14H2,1-3H3/t17-/m0/s1. The van der Waals surface area contributed by atoms with Crippen LogP contribution in [0.1, 0.15) is 70.9 Å². The average Bonchev–Trinajstić information content (AvgIpc) is 3.02. The second kappa shape index (κ2) is 7.96. The van der Waals surface area contributed by atoms with Crippen molar-refractivity contribution in [1.29, 1.82) is 0 Å². The van der Waals surface area contributed by atoms with Crippen molar-refractivity contribution < 1.29 is 4.74 Å². The molecule has 0 radical (unpaired) electrons. The van der Waals surface area contributed by atoms with Crippen molar-refractivity contribution in [2.75, 3.05) is 26.2 Å². The number of unbranched alkanes of at least 4 members (excludes halogenated alkanes) is 1. The van der Waals surface area contributed by atoms with Gasteiger partial charge in [0.2, 0.25) is 0 Å². The first kappa shape index (κ1) is 17.9. The van der Waals surface area contributed by atoms with E-state index in [1.807, 2.05) is 0 Å². The molecule has 0 aliphatic carbocycles. The molecule has 24 heavy (non-hydrogen) atoms. The predicted octanol–water partition coefficient (Wildman–Crippen LogP) is 3.46. The molecule has 0 spiro atoms. The number of hydrogen-bond acceptors (Lipinski definition) is 4. The van der Waals surface area contributed by atoms with Gasteiger partial charge in [0.15, 0.2) is 0 Å². The minimum absolute atomic E-state index is 0.0297. The second-order valence-corrected chi connectivity index (χ2v) is 8.30. The second-order valence-electron chi connectivity index (χ2n) is 8.30. The van der Waals surface area contributed by atoms with Crippen molar-refractivity contribution >= 4 is 0 Å². The van der Waals surface area contributed by atoms with Gasteiger partial charge in [-0.05, 0) is 71.5 Å². The summed E-state index contributed by atoms with van der Waals surface area (Å²) in [4.78, 5) is 2.62. The first-order chi connectivity index (χ1) is 11.6. The van der Waals surface area contributed by atoms with Gasteiger partial charge in [-0.3, -0.25) is 4.68 Å². The molecule has 2 saturated heterocycles. The molecule has 0 bridgehead atoms. The number of rotatable bonds is 6. The summed E-state index contributed by atoms with van der Waals surface area (Å²) in [5.74, 6) is 1.25. The summed E-state index contributed by atoms with van der Waals surface area (Å²) in [5.41, 5.74) is 1.13. The van der Waals surface area contributed by atoms with Crippen LogP contribution in [0.3, 0.4) is 0 Å². The summed E-state index contributed by atoms with van der Waals surface area (Å²) >= 11 is 0. The van der Waals surface area contributed by atoms with Gasteiger partial charge in [0, 0.05) is 25.3 Å². The Kier molecular flexibility index (Phi) is 5.93. The fraction of sp³-hybridized carbons (Fsp3) is 0.895. The average molecular weight is 335 g/mol. The van der Waals surface area contributed by atoms with E-state index in [0.717, 1.165) is 37.6 Å². The van der Waals surface area contributed by atoms with E-state index in [-0.39, 0.29) is 5.60 Å². The Morgan fingerprint density at radius 3 is 2.75 bits per heavy atom. The van der Waals surface area contributed by atoms with E-state index in [2.05, 4.69) is 46.9 Å². The van der Waals surface area contributed by atoms with Gasteiger partial charge >= 0.3 is 0 Å². The molecule has 0 N–H and O–H groups in total. The van der Waals surface area contributed by atoms with Gasteiger partial charge in [0.25, 0.3) is 0 Å². The van der Waals surface area contributed by atoms with Crippen LogP contribution in [-0.4, -0.2) is 51.7 Å². The van der Waals surface area contributed by atoms with E-state index in [1.165, 1.54) is 45.3 Å². The lowest BCUT2D eigenvalue weighted by atomic mass is 9.86. The van der Waals surface area contributed by atoms with E-state index in [0.29, 0.717) is 5.92 Å². The summed E-state index contributed by atoms with van der Waals surface area (Å²) in [6, 6.07) is 0. The molecule has 3 heterocycles. The Hall–Kier alpha value is -0.940. The van der Waals surface area contributed by atoms with Crippen molar-refractivity contribution in [3.63, 3.8) is 0 Å². The molecular weight excluding hydrogens is 300 g/mol. The summed E-state index contributed by atoms with van der Waals surface area (Å²) in [5, 5.41) is 8.89. The fourth-order valence-electron chi connectivity index (χ4n) is 4.11. The number of hydrogen-bond donors (Lipinski definition) is 0. The molecule has 136 valence electrons. The molecule has 3 rings (SSSR count). The van der Waals surface area contributed by atoms with Crippen molar-refractivity contribution in [2.24, 2.45) is 5.92 Å². The highest BCUT2D eigenvalue weighted by Gasteiger charge is 2.31. The molecule has 0 saturated carbocycles. The number of likely N-dealkylation sites (tertiary alicyclic amines) is 1. The van der Waals surface area contributed by atoms with Gasteiger partial charge in [-0.1, -0.05) is 18.6 Å². The van der Waals surface area contributed by atoms with E-state index >= 15 is 0 Å². The van der Waals surface area contributed by atoms with Crippen molar-refractivity contribution in [1.82, 2.24) is 19.9 Å². The molecule has 1 aromatic rings. The van der Waals surface area contributed by atoms with Crippen molar-refractivity contribution in [2.45, 2.75) is 77.4 Å². The van der Waals surface area contributed by atoms with Crippen LogP contribution in [0, 0.1) is 5.92 Å². The summed E-state index contributed by atoms with van der Waals surface area (Å²) in [6.07, 6.45) is 9.52. The lowest BCUT2D eigenvalue weighted by molar-refractivity contribution is -0.0598. The lowest BCUT2D eigenvalue weighted by Crippen LogP contribution is -2.35. The van der Waals surface area contributed by atoms with Crippen LogP contribution in [-0.2, 0) is 11.3 Å². The quantitative estimate of drug-likeness (QED) is 0.799. The lowest BCUT2D eigenvalue weighted by Gasteiger charge is -2.34. The third-order valence-corrected chi connectivity index (χ3v) is 5.65. The minimum Gasteiger partial charge on any atom is -0.376 e. The molecule has 1 aromatic heterocycles. The van der Waals surface area contributed by atoms with Crippen LogP contribution < -0.4 is 0 Å². The highest BCUT2D eigenvalue weighted by atomic mass is 16.5. The minimum atomic E-state index is -0.0297. The van der Waals surface area contributed by atoms with Crippen LogP contribution in [0.15, 0.2) is 6.20 Å². The molecule has 0 unspecified atom stereocenters. The molecule has 2 aliphatic heterocycles. The molecule has 0 amide bonds. The smallest absolute Gasteiger partial charge is 0.0859 e. The summed E-state index contributed by atoms with van der Waals surface area (Å²) < 4.78 is 7.91. The van der Waals surface area contributed by atoms with Gasteiger partial charge in [0.1, 0.15) is 0 Å². The maximum absolute atomic E-state index is 5.82. The molecule has 2 fully saturated rings. The predicted molar refractivity (Wildman–Crippen MR) is 96.1 cm³/mol. The normalized spacial score (nSPS) is 25.9. The number of nitrogens with zero attached hydrogens (tertiary/aromatic N) is 4. The Morgan fingerprint density at radius 1 is 1.25 bits per heavy atom. The molecule has 0 aromatic carbocycles. The van der Waals surface area contributed by atoms with Gasteiger partial charge < -0.3 is 9.64 Å². The first-order valence-corrected chi connectivity index (χ1v) is 9.82. The topological polar surface area (TPSA) is 43.2 Å². The van der Waals surface area contributed by atoms with Crippen molar-refractivity contribution in [3.05, 3.63) is 11.9 Å². The first-order valence-electron chi connectivity index (χ1n) is 9.82. The number of piperidine rings is 1. The zero-order chi connectivity index (χ0) is 17.0. The van der Waals surface area contributed by atoms with E-state index < -0.39 is 0 Å². The van der Waals surface area contributed by atoms with Crippen LogP contribution in [0.25, 0.3) is 0 Å². The molecule has 1 atom stereocenters. The highest BCUT2D eigenvalue weighted by Crippen LogP contribution is 2.34. The zero-order valence-electron chi connectivity index (χ0n) is 15.7. The maximum Gasteiger partial charge on any atom is 0.0859 e. The molecule has 2 aliphatic rings. The van der Waals surface area contributed by atoms with E-state index in [9.17, 15) is 0 Å². The summed E-state index contributed by atoms with van der Waals surface area (Å²) in [6.45, 7) is 12.3. The number of aromatic nitrogens is 3. The molecule has 5 nitrogen and oxygen atoms in total. The Labute approximate surface area is 146 Å². The van der Waals surface area contributed by atoms with Crippen LogP contribution in [0.4, 0.5) is 0 Å². The molecular formula is C19H34N4O. The van der Waals surface area contributed by atoms with Crippen molar-refractivity contribution in [3.8, 4) is 0 Å². The zero-order valence-corrected chi connectivity index (χ0v) is 15.7. The van der Waals surface area contributed by atoms with E-state index in [1.54, 1.807) is 0 Å². The number of ether oxygens (including phenoxy) is 1. The largest absolute Gasteiger partial charge is 0.376 e. The highest BCUT2D eigenvalue weighted by molar-refractivity contribution is 5.05. The van der Waals surface area contributed by atoms with Gasteiger partial charge in [-0.25, -0.2) is 0 Å². The third kappa shape index (κ3) is 4.79. The van der Waals surface area contributed by atoms with E-state index in [4.69, 9.17) is 4.74 Å². The molecule has 5 heteroatoms. The Morgan fingerprint density at radius 2 is 2.04 bits per heavy atom. The van der Waals surface area contributed by atoms with Crippen LogP contribution >= 0.6 is 0 Å². The van der Waals surface area contributed by atoms with Crippen LogP contribution in [0.5, 0.6) is 0 Å². The summed E-state index contributed by atoms with van der Waals surface area (Å²) in [7, 11) is 0. The SMILES string of the molecule is CCCCN1CCC(Cn2cc([C@H]3CCOC(C)(C)C3)nn2)CC1. The fourth-order valence-corrected chi connectivity index (χ4v) is 4.11. The van der Waals surface area contributed by atoms with Gasteiger partial charge in [-0.2, -0.15) is 0 Å². The van der Waals surface area contributed by atoms with Crippen LogP contribution in [0.2, 0.25) is 0 Å². The monoisotopic (exact) mass is 334 g/mol. The Balaban J connectivity index is 1.48. The maximum atomic E-state index is 5.82. The van der Waals surface area contributed by atoms with Gasteiger partial charge in [-0.15, -0.1) is 5.10 Å².